The van der Waals surface area contributed by atoms with Crippen LogP contribution in [0.2, 0.25) is 0 Å². The maximum absolute atomic E-state index is 12.1. The molecule has 2 aliphatic rings. The van der Waals surface area contributed by atoms with Crippen LogP contribution < -0.4 is 16.0 Å². The molecule has 3 rings (SSSR count). The van der Waals surface area contributed by atoms with Crippen molar-refractivity contribution in [2.45, 2.75) is 38.9 Å². The molecule has 6 heteroatoms. The van der Waals surface area contributed by atoms with Gasteiger partial charge in [0.25, 0.3) is 0 Å². The van der Waals surface area contributed by atoms with Gasteiger partial charge in [0, 0.05) is 44.0 Å². The monoisotopic (exact) mass is 304 g/mol. The SMILES string of the molecule is Cc1ncc2c(c1CNC(=O)C[C@@H]1COCCN1)CCNC2. The second-order valence-corrected chi connectivity index (χ2v) is 5.96. The van der Waals surface area contributed by atoms with Crippen LogP contribution in [-0.4, -0.2) is 43.2 Å². The van der Waals surface area contributed by atoms with E-state index in [2.05, 4.69) is 20.9 Å². The number of carbonyl (C=O) groups excluding carboxylic acids is 1. The predicted octanol–water partition coefficient (Wildman–Crippen LogP) is 0.0304. The van der Waals surface area contributed by atoms with Gasteiger partial charge >= 0.3 is 0 Å². The summed E-state index contributed by atoms with van der Waals surface area (Å²) in [7, 11) is 0. The summed E-state index contributed by atoms with van der Waals surface area (Å²) in [6.45, 7) is 6.59. The minimum atomic E-state index is 0.0638. The number of nitrogens with one attached hydrogen (secondary N) is 3. The van der Waals surface area contributed by atoms with Crippen molar-refractivity contribution in [2.24, 2.45) is 0 Å². The number of hydrogen-bond acceptors (Lipinski definition) is 5. The molecule has 0 radical (unpaired) electrons. The zero-order valence-corrected chi connectivity index (χ0v) is 13.1. The van der Waals surface area contributed by atoms with Gasteiger partial charge in [-0.15, -0.1) is 0 Å². The Balaban J connectivity index is 1.60. The van der Waals surface area contributed by atoms with Gasteiger partial charge in [-0.05, 0) is 36.6 Å². The summed E-state index contributed by atoms with van der Waals surface area (Å²) in [5.74, 6) is 0.0638. The number of fused-ring (bicyclic) bond motifs is 1. The van der Waals surface area contributed by atoms with E-state index in [-0.39, 0.29) is 11.9 Å². The van der Waals surface area contributed by atoms with Crippen LogP contribution >= 0.6 is 0 Å². The molecule has 120 valence electrons. The molecule has 0 unspecified atom stereocenters. The summed E-state index contributed by atoms with van der Waals surface area (Å²) in [5.41, 5.74) is 4.80. The zero-order chi connectivity index (χ0) is 15.4. The van der Waals surface area contributed by atoms with Crippen LogP contribution in [0.1, 0.15) is 28.8 Å². The van der Waals surface area contributed by atoms with Crippen LogP contribution in [-0.2, 0) is 29.0 Å². The minimum absolute atomic E-state index is 0.0638. The van der Waals surface area contributed by atoms with Crippen molar-refractivity contribution in [3.63, 3.8) is 0 Å². The van der Waals surface area contributed by atoms with E-state index in [0.29, 0.717) is 19.6 Å². The summed E-state index contributed by atoms with van der Waals surface area (Å²) in [5, 5.41) is 9.70. The molecule has 0 aromatic carbocycles. The molecule has 1 aromatic heterocycles. The lowest BCUT2D eigenvalue weighted by Crippen LogP contribution is -2.44. The molecule has 1 fully saturated rings. The summed E-state index contributed by atoms with van der Waals surface area (Å²) < 4.78 is 5.38. The summed E-state index contributed by atoms with van der Waals surface area (Å²) in [6, 6.07) is 0.127. The highest BCUT2D eigenvalue weighted by atomic mass is 16.5. The van der Waals surface area contributed by atoms with Crippen molar-refractivity contribution >= 4 is 5.91 Å². The largest absolute Gasteiger partial charge is 0.378 e. The normalized spacial score (nSPS) is 21.2. The lowest BCUT2D eigenvalue weighted by atomic mass is 9.96. The number of nitrogens with zero attached hydrogens (tertiary/aromatic N) is 1. The van der Waals surface area contributed by atoms with Crippen molar-refractivity contribution in [3.8, 4) is 0 Å². The molecule has 0 spiro atoms. The standard InChI is InChI=1S/C16H24N4O2/c1-11-15(14-2-3-17-7-12(14)8-19-11)9-20-16(21)6-13-10-22-5-4-18-13/h8,13,17-18H,2-7,9-10H2,1H3,(H,20,21)/t13-/m1/s1. The van der Waals surface area contributed by atoms with E-state index in [1.54, 1.807) is 0 Å². The van der Waals surface area contributed by atoms with E-state index in [9.17, 15) is 4.79 Å². The molecule has 0 aliphatic carbocycles. The molecule has 1 atom stereocenters. The van der Waals surface area contributed by atoms with Gasteiger partial charge in [-0.25, -0.2) is 0 Å². The van der Waals surface area contributed by atoms with Gasteiger partial charge in [0.2, 0.25) is 5.91 Å². The van der Waals surface area contributed by atoms with Gasteiger partial charge in [-0.1, -0.05) is 0 Å². The van der Waals surface area contributed by atoms with Gasteiger partial charge < -0.3 is 20.7 Å². The Bertz CT molecular complexity index is 541. The smallest absolute Gasteiger partial charge is 0.221 e. The number of aromatic nitrogens is 1. The number of amides is 1. The molecule has 3 N–H and O–H groups in total. The molecule has 3 heterocycles. The zero-order valence-electron chi connectivity index (χ0n) is 13.1. The topological polar surface area (TPSA) is 75.3 Å². The van der Waals surface area contributed by atoms with Crippen molar-refractivity contribution in [1.29, 1.82) is 0 Å². The number of pyridine rings is 1. The van der Waals surface area contributed by atoms with E-state index < -0.39 is 0 Å². The first kappa shape index (κ1) is 15.4. The molecule has 2 aliphatic heterocycles. The van der Waals surface area contributed by atoms with Crippen LogP contribution in [0.3, 0.4) is 0 Å². The Morgan fingerprint density at radius 2 is 2.41 bits per heavy atom. The molecule has 6 nitrogen and oxygen atoms in total. The third kappa shape index (κ3) is 3.63. The van der Waals surface area contributed by atoms with Crippen LogP contribution in [0.25, 0.3) is 0 Å². The first-order chi connectivity index (χ1) is 10.7. The van der Waals surface area contributed by atoms with E-state index in [0.717, 1.165) is 38.4 Å². The fraction of sp³-hybridized carbons (Fsp3) is 0.625. The molecule has 1 saturated heterocycles. The average molecular weight is 304 g/mol. The van der Waals surface area contributed by atoms with Crippen molar-refractivity contribution in [1.82, 2.24) is 20.9 Å². The van der Waals surface area contributed by atoms with Crippen LogP contribution in [0.5, 0.6) is 0 Å². The number of aryl methyl sites for hydroxylation is 1. The summed E-state index contributed by atoms with van der Waals surface area (Å²) >= 11 is 0. The van der Waals surface area contributed by atoms with Crippen molar-refractivity contribution < 1.29 is 9.53 Å². The van der Waals surface area contributed by atoms with Gasteiger partial charge in [0.15, 0.2) is 0 Å². The second kappa shape index (κ2) is 7.17. The second-order valence-electron chi connectivity index (χ2n) is 5.96. The Labute approximate surface area is 131 Å². The number of carbonyl (C=O) groups is 1. The van der Waals surface area contributed by atoms with Crippen molar-refractivity contribution in [3.05, 3.63) is 28.6 Å². The van der Waals surface area contributed by atoms with Gasteiger partial charge in [-0.3, -0.25) is 9.78 Å². The molecule has 22 heavy (non-hydrogen) atoms. The number of ether oxygens (including phenoxy) is 1. The Morgan fingerprint density at radius 1 is 1.50 bits per heavy atom. The van der Waals surface area contributed by atoms with Crippen LogP contribution in [0, 0.1) is 6.92 Å². The maximum atomic E-state index is 12.1. The Hall–Kier alpha value is -1.50. The maximum Gasteiger partial charge on any atom is 0.221 e. The lowest BCUT2D eigenvalue weighted by Gasteiger charge is -2.24. The fourth-order valence-corrected chi connectivity index (χ4v) is 3.11. The van der Waals surface area contributed by atoms with E-state index >= 15 is 0 Å². The highest BCUT2D eigenvalue weighted by molar-refractivity contribution is 5.76. The number of rotatable bonds is 4. The number of morpholine rings is 1. The van der Waals surface area contributed by atoms with E-state index in [4.69, 9.17) is 4.74 Å². The van der Waals surface area contributed by atoms with Crippen LogP contribution in [0.4, 0.5) is 0 Å². The predicted molar refractivity (Wildman–Crippen MR) is 83.5 cm³/mol. The minimum Gasteiger partial charge on any atom is -0.378 e. The molecule has 0 bridgehead atoms. The van der Waals surface area contributed by atoms with E-state index in [1.807, 2.05) is 13.1 Å². The quantitative estimate of drug-likeness (QED) is 0.732. The average Bonchev–Trinajstić information content (AvgIpc) is 2.55. The molecule has 1 aromatic rings. The number of hydrogen-bond donors (Lipinski definition) is 3. The Kier molecular flexibility index (Phi) is 5.02. The molecule has 1 amide bonds. The molecular formula is C16H24N4O2. The third-order valence-corrected chi connectivity index (χ3v) is 4.36. The highest BCUT2D eigenvalue weighted by Gasteiger charge is 2.19. The first-order valence-electron chi connectivity index (χ1n) is 7.99. The van der Waals surface area contributed by atoms with Gasteiger partial charge in [0.1, 0.15) is 0 Å². The third-order valence-electron chi connectivity index (χ3n) is 4.36. The van der Waals surface area contributed by atoms with Gasteiger partial charge in [-0.2, -0.15) is 0 Å². The highest BCUT2D eigenvalue weighted by Crippen LogP contribution is 2.20. The molecule has 0 saturated carbocycles. The molecular weight excluding hydrogens is 280 g/mol. The first-order valence-corrected chi connectivity index (χ1v) is 7.99. The fourth-order valence-electron chi connectivity index (χ4n) is 3.11. The van der Waals surface area contributed by atoms with Crippen molar-refractivity contribution in [2.75, 3.05) is 26.3 Å². The Morgan fingerprint density at radius 3 is 3.23 bits per heavy atom. The summed E-state index contributed by atoms with van der Waals surface area (Å²) in [6.07, 6.45) is 3.41. The van der Waals surface area contributed by atoms with Crippen LogP contribution in [0.15, 0.2) is 6.20 Å². The lowest BCUT2D eigenvalue weighted by molar-refractivity contribution is -0.122. The van der Waals surface area contributed by atoms with E-state index in [1.165, 1.54) is 16.7 Å². The van der Waals surface area contributed by atoms with Gasteiger partial charge in [0.05, 0.1) is 13.2 Å². The summed E-state index contributed by atoms with van der Waals surface area (Å²) in [4.78, 5) is 16.6.